The molecule has 2 aliphatic rings. The number of rotatable bonds is 1. The first kappa shape index (κ1) is 9.76. The van der Waals surface area contributed by atoms with Crippen LogP contribution in [0.5, 0.6) is 6.01 Å². The van der Waals surface area contributed by atoms with E-state index >= 15 is 0 Å². The van der Waals surface area contributed by atoms with E-state index in [1.54, 1.807) is 0 Å². The Morgan fingerprint density at radius 1 is 1.56 bits per heavy atom. The van der Waals surface area contributed by atoms with E-state index in [2.05, 4.69) is 4.98 Å². The van der Waals surface area contributed by atoms with Crippen molar-refractivity contribution in [2.75, 3.05) is 6.61 Å². The zero-order valence-electron chi connectivity index (χ0n) is 8.18. The first-order valence-electron chi connectivity index (χ1n) is 4.91. The van der Waals surface area contributed by atoms with Crippen LogP contribution in [-0.2, 0) is 4.74 Å². The smallest absolute Gasteiger partial charge is 0.302 e. The molecule has 0 radical (unpaired) electrons. The predicted molar refractivity (Wildman–Crippen MR) is 49.9 cm³/mol. The molecule has 86 valence electrons. The van der Waals surface area contributed by atoms with Gasteiger partial charge in [0.05, 0.1) is 6.61 Å². The fourth-order valence-electron chi connectivity index (χ4n) is 2.02. The Bertz CT molecular complexity index is 473. The van der Waals surface area contributed by atoms with Gasteiger partial charge in [-0.2, -0.15) is 4.98 Å². The third-order valence-corrected chi connectivity index (χ3v) is 2.81. The van der Waals surface area contributed by atoms with Crippen LogP contribution < -0.4 is 10.3 Å². The van der Waals surface area contributed by atoms with E-state index in [1.807, 2.05) is 0 Å². The normalized spacial score (nSPS) is 35.6. The van der Waals surface area contributed by atoms with Crippen LogP contribution in [-0.4, -0.2) is 44.7 Å². The van der Waals surface area contributed by atoms with Crippen LogP contribution in [0.4, 0.5) is 0 Å². The fraction of sp³-hybridized carbons (Fsp3) is 0.556. The van der Waals surface area contributed by atoms with Crippen molar-refractivity contribution in [3.63, 3.8) is 0 Å². The number of ether oxygens (including phenoxy) is 2. The van der Waals surface area contributed by atoms with Crippen molar-refractivity contribution in [1.82, 2.24) is 9.55 Å². The molecular formula is C9H10N2O5. The van der Waals surface area contributed by atoms with Crippen LogP contribution in [0.15, 0.2) is 17.1 Å². The number of aliphatic hydroxyl groups is 2. The van der Waals surface area contributed by atoms with Crippen molar-refractivity contribution in [3.05, 3.63) is 22.6 Å². The summed E-state index contributed by atoms with van der Waals surface area (Å²) in [6, 6.07) is 1.43. The molecule has 0 bridgehead atoms. The monoisotopic (exact) mass is 226 g/mol. The van der Waals surface area contributed by atoms with Gasteiger partial charge in [-0.1, -0.05) is 0 Å². The fourth-order valence-corrected chi connectivity index (χ4v) is 2.02. The number of aliphatic hydroxyl groups excluding tert-OH is 2. The van der Waals surface area contributed by atoms with Crippen LogP contribution in [0, 0.1) is 0 Å². The molecule has 3 heterocycles. The van der Waals surface area contributed by atoms with Crippen molar-refractivity contribution in [2.24, 2.45) is 0 Å². The van der Waals surface area contributed by atoms with Crippen molar-refractivity contribution in [3.8, 4) is 6.01 Å². The summed E-state index contributed by atoms with van der Waals surface area (Å²) in [5, 5.41) is 18.7. The zero-order chi connectivity index (χ0) is 11.3. The SMILES string of the molecule is O=c1ccn2c(n1)O[C@@H]1[C@H](O)[C@H](CO)O[C@@H]12. The first-order chi connectivity index (χ1) is 7.70. The molecule has 7 nitrogen and oxygen atoms in total. The van der Waals surface area contributed by atoms with Crippen molar-refractivity contribution >= 4 is 0 Å². The number of hydrogen-bond acceptors (Lipinski definition) is 6. The van der Waals surface area contributed by atoms with Gasteiger partial charge in [0.1, 0.15) is 12.2 Å². The minimum atomic E-state index is -0.924. The highest BCUT2D eigenvalue weighted by Crippen LogP contribution is 2.38. The quantitative estimate of drug-likeness (QED) is 0.590. The molecule has 0 unspecified atom stereocenters. The number of aromatic nitrogens is 2. The summed E-state index contributed by atoms with van der Waals surface area (Å²) in [6.45, 7) is -0.277. The van der Waals surface area contributed by atoms with Crippen LogP contribution in [0.3, 0.4) is 0 Å². The lowest BCUT2D eigenvalue weighted by atomic mass is 10.1. The summed E-state index contributed by atoms with van der Waals surface area (Å²) in [7, 11) is 0. The standard InChI is InChI=1S/C9H10N2O5/c12-3-4-6(14)7-8(15-4)11-2-1-5(13)10-9(11)16-7/h1-2,4,6-8,12,14H,3H2/t4-,6+,7+,8-/m0/s1. The molecular weight excluding hydrogens is 216 g/mol. The Morgan fingerprint density at radius 2 is 2.38 bits per heavy atom. The number of nitrogens with zero attached hydrogens (tertiary/aromatic N) is 2. The molecule has 3 rings (SSSR count). The molecule has 0 aliphatic carbocycles. The number of fused-ring (bicyclic) bond motifs is 3. The van der Waals surface area contributed by atoms with Crippen LogP contribution >= 0.6 is 0 Å². The van der Waals surface area contributed by atoms with E-state index in [0.717, 1.165) is 0 Å². The molecule has 1 aromatic rings. The van der Waals surface area contributed by atoms with Crippen molar-refractivity contribution in [1.29, 1.82) is 0 Å². The molecule has 1 saturated heterocycles. The summed E-state index contributed by atoms with van der Waals surface area (Å²) >= 11 is 0. The topological polar surface area (TPSA) is 93.8 Å². The van der Waals surface area contributed by atoms with Crippen molar-refractivity contribution in [2.45, 2.75) is 24.5 Å². The average molecular weight is 226 g/mol. The lowest BCUT2D eigenvalue weighted by Gasteiger charge is -2.13. The third kappa shape index (κ3) is 1.19. The molecule has 0 amide bonds. The Hall–Kier alpha value is -1.44. The number of hydrogen-bond donors (Lipinski definition) is 2. The highest BCUT2D eigenvalue weighted by Gasteiger charge is 2.50. The van der Waals surface area contributed by atoms with E-state index in [0.29, 0.717) is 0 Å². The van der Waals surface area contributed by atoms with Gasteiger partial charge in [0.2, 0.25) is 0 Å². The molecule has 2 aliphatic heterocycles. The molecule has 16 heavy (non-hydrogen) atoms. The lowest BCUT2D eigenvalue weighted by Crippen LogP contribution is -2.34. The Morgan fingerprint density at radius 3 is 3.12 bits per heavy atom. The molecule has 0 saturated carbocycles. The summed E-state index contributed by atoms with van der Waals surface area (Å²) in [5.41, 5.74) is -0.403. The van der Waals surface area contributed by atoms with Gasteiger partial charge >= 0.3 is 6.01 Å². The minimum absolute atomic E-state index is 0.137. The van der Waals surface area contributed by atoms with Gasteiger partial charge in [-0.25, -0.2) is 0 Å². The first-order valence-corrected chi connectivity index (χ1v) is 4.91. The van der Waals surface area contributed by atoms with Crippen LogP contribution in [0.1, 0.15) is 6.23 Å². The predicted octanol–water partition coefficient (Wildman–Crippen LogP) is -1.75. The molecule has 0 aromatic carbocycles. The largest absolute Gasteiger partial charge is 0.453 e. The molecule has 2 N–H and O–H groups in total. The van der Waals surface area contributed by atoms with Crippen molar-refractivity contribution < 1.29 is 19.7 Å². The molecule has 0 spiro atoms. The van der Waals surface area contributed by atoms with E-state index < -0.39 is 30.1 Å². The van der Waals surface area contributed by atoms with Gasteiger partial charge in [-0.3, -0.25) is 9.36 Å². The minimum Gasteiger partial charge on any atom is -0.453 e. The molecule has 7 heteroatoms. The summed E-state index contributed by atoms with van der Waals surface area (Å²) in [6.07, 6.45) is -1.24. The summed E-state index contributed by atoms with van der Waals surface area (Å²) < 4.78 is 12.3. The Labute approximate surface area is 89.9 Å². The second-order valence-corrected chi connectivity index (χ2v) is 3.78. The highest BCUT2D eigenvalue weighted by molar-refractivity contribution is 5.10. The van der Waals surface area contributed by atoms with Gasteiger partial charge in [0, 0.05) is 12.3 Å². The van der Waals surface area contributed by atoms with E-state index in [9.17, 15) is 9.90 Å². The van der Waals surface area contributed by atoms with E-state index in [1.165, 1.54) is 16.8 Å². The van der Waals surface area contributed by atoms with Gasteiger partial charge < -0.3 is 19.7 Å². The maximum atomic E-state index is 11.0. The summed E-state index contributed by atoms with van der Waals surface area (Å²) in [5.74, 6) is 0. The lowest BCUT2D eigenvalue weighted by molar-refractivity contribution is -0.0434. The van der Waals surface area contributed by atoms with Gasteiger partial charge in [-0.05, 0) is 0 Å². The molecule has 4 atom stereocenters. The van der Waals surface area contributed by atoms with Gasteiger partial charge in [-0.15, -0.1) is 0 Å². The van der Waals surface area contributed by atoms with E-state index in [-0.39, 0.29) is 12.6 Å². The summed E-state index contributed by atoms with van der Waals surface area (Å²) in [4.78, 5) is 14.7. The Balaban J connectivity index is 1.99. The van der Waals surface area contributed by atoms with Crippen LogP contribution in [0.2, 0.25) is 0 Å². The molecule has 1 fully saturated rings. The third-order valence-electron chi connectivity index (χ3n) is 2.81. The maximum absolute atomic E-state index is 11.0. The van der Waals surface area contributed by atoms with Crippen LogP contribution in [0.25, 0.3) is 0 Å². The average Bonchev–Trinajstić information content (AvgIpc) is 2.75. The highest BCUT2D eigenvalue weighted by atomic mass is 16.6. The Kier molecular flexibility index (Phi) is 2.00. The maximum Gasteiger partial charge on any atom is 0.302 e. The second kappa shape index (κ2) is 3.27. The van der Waals surface area contributed by atoms with E-state index in [4.69, 9.17) is 14.6 Å². The molecule has 1 aromatic heterocycles. The zero-order valence-corrected chi connectivity index (χ0v) is 8.18. The second-order valence-electron chi connectivity index (χ2n) is 3.78. The van der Waals surface area contributed by atoms with Gasteiger partial charge in [0.15, 0.2) is 12.3 Å². The van der Waals surface area contributed by atoms with Gasteiger partial charge in [0.25, 0.3) is 5.56 Å².